The van der Waals surface area contributed by atoms with Crippen LogP contribution in [0.15, 0.2) is 36.4 Å². The van der Waals surface area contributed by atoms with Gasteiger partial charge in [0.1, 0.15) is 17.5 Å². The van der Waals surface area contributed by atoms with Crippen LogP contribution in [0.3, 0.4) is 0 Å². The van der Waals surface area contributed by atoms with Crippen molar-refractivity contribution in [3.05, 3.63) is 48.0 Å². The molecule has 0 unspecified atom stereocenters. The second kappa shape index (κ2) is 7.62. The number of fused-ring (bicyclic) bond motifs is 1. The molecule has 0 saturated carbocycles. The summed E-state index contributed by atoms with van der Waals surface area (Å²) in [6.45, 7) is 2.69. The largest absolute Gasteiger partial charge is 0.343 e. The lowest BCUT2D eigenvalue weighted by molar-refractivity contribution is -0.132. The molecule has 0 radical (unpaired) electrons. The van der Waals surface area contributed by atoms with Crippen LogP contribution in [0.5, 0.6) is 0 Å². The van der Waals surface area contributed by atoms with Gasteiger partial charge in [-0.25, -0.2) is 13.8 Å². The van der Waals surface area contributed by atoms with Gasteiger partial charge in [0.25, 0.3) is 0 Å². The van der Waals surface area contributed by atoms with Crippen molar-refractivity contribution in [2.24, 2.45) is 5.92 Å². The number of piperidine rings is 1. The lowest BCUT2D eigenvalue weighted by atomic mass is 9.96. The van der Waals surface area contributed by atoms with E-state index in [-0.39, 0.29) is 29.1 Å². The third-order valence-corrected chi connectivity index (χ3v) is 5.24. The monoisotopic (exact) mass is 398 g/mol. The number of benzene rings is 2. The van der Waals surface area contributed by atoms with Crippen molar-refractivity contribution in [3.8, 4) is 11.4 Å². The summed E-state index contributed by atoms with van der Waals surface area (Å²) in [6, 6.07) is 8.34. The van der Waals surface area contributed by atoms with Crippen molar-refractivity contribution in [2.45, 2.75) is 19.8 Å². The number of anilines is 1. The van der Waals surface area contributed by atoms with Crippen molar-refractivity contribution in [1.82, 2.24) is 14.9 Å². The van der Waals surface area contributed by atoms with Crippen LogP contribution in [-0.2, 0) is 9.59 Å². The number of carbonyl (C=O) groups excluding carboxylic acids is 2. The molecule has 150 valence electrons. The minimum atomic E-state index is -0.573. The van der Waals surface area contributed by atoms with Crippen LogP contribution in [0, 0.1) is 17.6 Å². The molecule has 0 bridgehead atoms. The average molecular weight is 398 g/mol. The fourth-order valence-electron chi connectivity index (χ4n) is 3.59. The van der Waals surface area contributed by atoms with E-state index in [9.17, 15) is 18.4 Å². The molecule has 1 saturated heterocycles. The number of nitrogens with zero attached hydrogens (tertiary/aromatic N) is 2. The Morgan fingerprint density at radius 1 is 1.14 bits per heavy atom. The third kappa shape index (κ3) is 3.96. The normalized spacial score (nSPS) is 14.9. The fourth-order valence-corrected chi connectivity index (χ4v) is 3.59. The zero-order valence-corrected chi connectivity index (χ0v) is 15.8. The highest BCUT2D eigenvalue weighted by atomic mass is 19.1. The number of hydrogen-bond acceptors (Lipinski definition) is 3. The predicted octanol–water partition coefficient (Wildman–Crippen LogP) is 3.71. The molecule has 0 atom stereocenters. The van der Waals surface area contributed by atoms with Crippen LogP contribution in [0.1, 0.15) is 19.8 Å². The molecule has 2 heterocycles. The first-order chi connectivity index (χ1) is 13.9. The molecule has 1 aliphatic rings. The number of H-pyrrole nitrogens is 1. The van der Waals surface area contributed by atoms with Crippen LogP contribution in [0.4, 0.5) is 14.5 Å². The van der Waals surface area contributed by atoms with Gasteiger partial charge in [0.05, 0.1) is 16.6 Å². The van der Waals surface area contributed by atoms with E-state index >= 15 is 0 Å². The molecule has 1 aliphatic heterocycles. The van der Waals surface area contributed by atoms with Gasteiger partial charge in [0.15, 0.2) is 0 Å². The van der Waals surface area contributed by atoms with E-state index in [1.807, 2.05) is 0 Å². The number of hydrogen-bond donors (Lipinski definition) is 2. The van der Waals surface area contributed by atoms with Crippen molar-refractivity contribution in [3.63, 3.8) is 0 Å². The van der Waals surface area contributed by atoms with Gasteiger partial charge in [0.2, 0.25) is 11.8 Å². The van der Waals surface area contributed by atoms with E-state index in [2.05, 4.69) is 15.3 Å². The van der Waals surface area contributed by atoms with E-state index in [0.29, 0.717) is 42.7 Å². The Kier molecular flexibility index (Phi) is 5.00. The number of likely N-dealkylation sites (tertiary alicyclic amines) is 1. The lowest BCUT2D eigenvalue weighted by Gasteiger charge is -2.30. The maximum atomic E-state index is 14.0. The predicted molar refractivity (Wildman–Crippen MR) is 105 cm³/mol. The minimum absolute atomic E-state index is 0.0269. The van der Waals surface area contributed by atoms with E-state index < -0.39 is 11.6 Å². The summed E-state index contributed by atoms with van der Waals surface area (Å²) in [7, 11) is 0. The van der Waals surface area contributed by atoms with Crippen LogP contribution >= 0.6 is 0 Å². The summed E-state index contributed by atoms with van der Waals surface area (Å²) in [6.07, 6.45) is 1.25. The Balaban J connectivity index is 1.50. The van der Waals surface area contributed by atoms with Gasteiger partial charge in [-0.15, -0.1) is 0 Å². The molecule has 8 heteroatoms. The summed E-state index contributed by atoms with van der Waals surface area (Å²) < 4.78 is 27.5. The molecule has 1 aromatic heterocycles. The number of rotatable bonds is 3. The standard InChI is InChI=1S/C21H20F2N4O2/c1-12(28)27-8-6-13(7-9-27)21(29)24-15-3-5-18-19(11-15)26-20(25-18)16-10-14(22)2-4-17(16)23/h2-5,10-11,13H,6-9H2,1H3,(H,24,29)(H,25,26). The molecule has 0 aliphatic carbocycles. The second-order valence-corrected chi connectivity index (χ2v) is 7.21. The molecule has 2 N–H and O–H groups in total. The van der Waals surface area contributed by atoms with Crippen LogP contribution in [-0.4, -0.2) is 39.8 Å². The summed E-state index contributed by atoms with van der Waals surface area (Å²) >= 11 is 0. The molecule has 29 heavy (non-hydrogen) atoms. The second-order valence-electron chi connectivity index (χ2n) is 7.21. The molecule has 1 fully saturated rings. The Labute approximate surface area is 165 Å². The van der Waals surface area contributed by atoms with Crippen molar-refractivity contribution < 1.29 is 18.4 Å². The van der Waals surface area contributed by atoms with Gasteiger partial charge in [-0.05, 0) is 49.2 Å². The molecule has 0 spiro atoms. The first-order valence-corrected chi connectivity index (χ1v) is 9.42. The third-order valence-electron chi connectivity index (χ3n) is 5.24. The summed E-state index contributed by atoms with van der Waals surface area (Å²) in [5, 5.41) is 2.89. The van der Waals surface area contributed by atoms with E-state index in [4.69, 9.17) is 0 Å². The van der Waals surface area contributed by atoms with Gasteiger partial charge in [0, 0.05) is 31.6 Å². The number of amides is 2. The molecule has 4 rings (SSSR count). The molecule has 2 aromatic carbocycles. The molecule has 6 nitrogen and oxygen atoms in total. The number of halogens is 2. The summed E-state index contributed by atoms with van der Waals surface area (Å²) in [5.74, 6) is -1.12. The highest BCUT2D eigenvalue weighted by Crippen LogP contribution is 2.26. The number of aromatic nitrogens is 2. The van der Waals surface area contributed by atoms with Gasteiger partial charge in [-0.2, -0.15) is 0 Å². The molecular weight excluding hydrogens is 378 g/mol. The minimum Gasteiger partial charge on any atom is -0.343 e. The summed E-state index contributed by atoms with van der Waals surface area (Å²) in [4.78, 5) is 33.0. The maximum Gasteiger partial charge on any atom is 0.227 e. The number of carbonyl (C=O) groups is 2. The number of imidazole rings is 1. The first-order valence-electron chi connectivity index (χ1n) is 9.42. The first kappa shape index (κ1) is 19.0. The SMILES string of the molecule is CC(=O)N1CCC(C(=O)Nc2ccc3nc(-c4cc(F)ccc4F)[nH]c3c2)CC1. The van der Waals surface area contributed by atoms with Gasteiger partial charge < -0.3 is 15.2 Å². The topological polar surface area (TPSA) is 78.1 Å². The Morgan fingerprint density at radius 3 is 2.62 bits per heavy atom. The van der Waals surface area contributed by atoms with Gasteiger partial charge in [-0.3, -0.25) is 9.59 Å². The fraction of sp³-hybridized carbons (Fsp3) is 0.286. The average Bonchev–Trinajstić information content (AvgIpc) is 3.13. The summed E-state index contributed by atoms with van der Waals surface area (Å²) in [5.41, 5.74) is 1.82. The Hall–Kier alpha value is -3.29. The number of nitrogens with one attached hydrogen (secondary N) is 2. The Morgan fingerprint density at radius 2 is 1.90 bits per heavy atom. The molecule has 2 amide bonds. The number of aromatic amines is 1. The Bertz CT molecular complexity index is 1090. The van der Waals surface area contributed by atoms with Crippen LogP contribution in [0.2, 0.25) is 0 Å². The van der Waals surface area contributed by atoms with E-state index in [1.165, 1.54) is 6.92 Å². The van der Waals surface area contributed by atoms with Crippen LogP contribution in [0.25, 0.3) is 22.4 Å². The quantitative estimate of drug-likeness (QED) is 0.706. The molecule has 3 aromatic rings. The van der Waals surface area contributed by atoms with Crippen molar-refractivity contribution >= 4 is 28.5 Å². The van der Waals surface area contributed by atoms with Gasteiger partial charge in [-0.1, -0.05) is 0 Å². The zero-order valence-electron chi connectivity index (χ0n) is 15.8. The maximum absolute atomic E-state index is 14.0. The van der Waals surface area contributed by atoms with Gasteiger partial charge >= 0.3 is 0 Å². The van der Waals surface area contributed by atoms with Crippen LogP contribution < -0.4 is 5.32 Å². The highest BCUT2D eigenvalue weighted by Gasteiger charge is 2.26. The van der Waals surface area contributed by atoms with Crippen molar-refractivity contribution in [2.75, 3.05) is 18.4 Å². The van der Waals surface area contributed by atoms with Crippen molar-refractivity contribution in [1.29, 1.82) is 0 Å². The van der Waals surface area contributed by atoms with E-state index in [1.54, 1.807) is 23.1 Å². The smallest absolute Gasteiger partial charge is 0.227 e. The zero-order chi connectivity index (χ0) is 20.5. The lowest BCUT2D eigenvalue weighted by Crippen LogP contribution is -2.40. The van der Waals surface area contributed by atoms with E-state index in [0.717, 1.165) is 18.2 Å². The highest BCUT2D eigenvalue weighted by molar-refractivity contribution is 5.95. The molecular formula is C21H20F2N4O2.